The first-order valence-electron chi connectivity index (χ1n) is 12.3. The van der Waals surface area contributed by atoms with Gasteiger partial charge in [0.2, 0.25) is 11.8 Å². The molecule has 7 nitrogen and oxygen atoms in total. The molecule has 2 unspecified atom stereocenters. The molecule has 0 fully saturated rings. The van der Waals surface area contributed by atoms with E-state index in [4.69, 9.17) is 4.74 Å². The Morgan fingerprint density at radius 1 is 0.971 bits per heavy atom. The predicted molar refractivity (Wildman–Crippen MR) is 137 cm³/mol. The molecule has 0 aliphatic rings. The predicted octanol–water partition coefficient (Wildman–Crippen LogP) is 5.05. The molecule has 0 aliphatic heterocycles. The Kier molecular flexibility index (Phi) is 11.1. The number of hydrogen-bond donors (Lipinski definition) is 2. The maximum atomic E-state index is 13.9. The zero-order valence-electron chi connectivity index (χ0n) is 22.7. The van der Waals surface area contributed by atoms with Gasteiger partial charge in [-0.15, -0.1) is 0 Å². The van der Waals surface area contributed by atoms with Gasteiger partial charge >= 0.3 is 6.09 Å². The fourth-order valence-corrected chi connectivity index (χ4v) is 3.95. The van der Waals surface area contributed by atoms with Crippen LogP contribution < -0.4 is 10.6 Å². The number of alkyl carbamates (subject to hydrolysis) is 1. The minimum absolute atomic E-state index is 0.0779. The first-order valence-corrected chi connectivity index (χ1v) is 12.3. The van der Waals surface area contributed by atoms with E-state index in [1.165, 1.54) is 0 Å². The van der Waals surface area contributed by atoms with Gasteiger partial charge in [0.05, 0.1) is 0 Å². The normalized spacial score (nSPS) is 13.4. The Balaban J connectivity index is 3.47. The van der Waals surface area contributed by atoms with Crippen LogP contribution in [-0.4, -0.2) is 47.0 Å². The molecule has 0 bridgehead atoms. The molecule has 0 saturated heterocycles. The number of carbonyl (C=O) groups is 3. The van der Waals surface area contributed by atoms with Crippen molar-refractivity contribution in [2.24, 2.45) is 5.92 Å². The molecule has 1 rings (SSSR count). The molecule has 2 N–H and O–H groups in total. The highest BCUT2D eigenvalue weighted by Gasteiger charge is 2.36. The minimum atomic E-state index is -0.804. The molecule has 1 aromatic rings. The summed E-state index contributed by atoms with van der Waals surface area (Å²) in [5.41, 5.74) is 2.12. The third-order valence-electron chi connectivity index (χ3n) is 4.99. The second kappa shape index (κ2) is 12.8. The van der Waals surface area contributed by atoms with E-state index in [1.54, 1.807) is 25.7 Å². The van der Waals surface area contributed by atoms with Gasteiger partial charge in [-0.3, -0.25) is 9.59 Å². The van der Waals surface area contributed by atoms with Crippen LogP contribution in [0.4, 0.5) is 4.79 Å². The van der Waals surface area contributed by atoms with Gasteiger partial charge in [0.25, 0.3) is 0 Å². The highest BCUT2D eigenvalue weighted by molar-refractivity contribution is 5.92. The molecule has 0 heterocycles. The van der Waals surface area contributed by atoms with Gasteiger partial charge in [-0.05, 0) is 72.8 Å². The summed E-state index contributed by atoms with van der Waals surface area (Å²) < 4.78 is 5.42. The van der Waals surface area contributed by atoms with E-state index in [1.807, 2.05) is 66.7 Å². The average molecular weight is 476 g/mol. The average Bonchev–Trinajstić information content (AvgIpc) is 2.63. The molecule has 0 aromatic heterocycles. The third kappa shape index (κ3) is 9.74. The minimum Gasteiger partial charge on any atom is -0.444 e. The summed E-state index contributed by atoms with van der Waals surface area (Å²) in [5.74, 6) is -0.372. The van der Waals surface area contributed by atoms with Crippen LogP contribution in [0, 0.1) is 19.8 Å². The Morgan fingerprint density at radius 3 is 1.97 bits per heavy atom. The van der Waals surface area contributed by atoms with E-state index in [9.17, 15) is 14.4 Å². The molecule has 0 saturated carbocycles. The van der Waals surface area contributed by atoms with Crippen LogP contribution in [0.25, 0.3) is 0 Å². The Bertz CT molecular complexity index is 823. The van der Waals surface area contributed by atoms with Gasteiger partial charge in [0, 0.05) is 12.6 Å². The van der Waals surface area contributed by atoms with E-state index in [2.05, 4.69) is 10.6 Å². The molecule has 34 heavy (non-hydrogen) atoms. The van der Waals surface area contributed by atoms with E-state index in [0.717, 1.165) is 16.7 Å². The number of carbonyl (C=O) groups excluding carboxylic acids is 3. The summed E-state index contributed by atoms with van der Waals surface area (Å²) in [6.07, 6.45) is 0.462. The van der Waals surface area contributed by atoms with E-state index < -0.39 is 23.8 Å². The van der Waals surface area contributed by atoms with Crippen LogP contribution in [0.5, 0.6) is 0 Å². The summed E-state index contributed by atoms with van der Waals surface area (Å²) in [7, 11) is 0. The SMILES string of the molecule is CCCN(C(=O)C(CC(C)C)NC(=O)OC(C)(C)C)C(C(=O)NC(C)C)c1cc(C)cc(C)c1. The zero-order valence-corrected chi connectivity index (χ0v) is 22.7. The van der Waals surface area contributed by atoms with Crippen LogP contribution >= 0.6 is 0 Å². The largest absolute Gasteiger partial charge is 0.444 e. The highest BCUT2D eigenvalue weighted by atomic mass is 16.6. The molecule has 3 amide bonds. The van der Waals surface area contributed by atoms with Crippen LogP contribution in [0.3, 0.4) is 0 Å². The van der Waals surface area contributed by atoms with Crippen LogP contribution in [0.1, 0.15) is 91.0 Å². The maximum absolute atomic E-state index is 13.9. The van der Waals surface area contributed by atoms with E-state index in [0.29, 0.717) is 19.4 Å². The van der Waals surface area contributed by atoms with Gasteiger partial charge in [0.1, 0.15) is 17.7 Å². The summed E-state index contributed by atoms with van der Waals surface area (Å²) in [4.78, 5) is 41.5. The smallest absolute Gasteiger partial charge is 0.408 e. The number of aryl methyl sites for hydroxylation is 2. The summed E-state index contributed by atoms with van der Waals surface area (Å²) in [6, 6.07) is 4.26. The van der Waals surface area contributed by atoms with Crippen molar-refractivity contribution in [3.63, 3.8) is 0 Å². The van der Waals surface area contributed by atoms with Crippen molar-refractivity contribution in [1.82, 2.24) is 15.5 Å². The van der Waals surface area contributed by atoms with Crippen LogP contribution in [0.15, 0.2) is 18.2 Å². The molecular weight excluding hydrogens is 430 g/mol. The molecule has 7 heteroatoms. The fraction of sp³-hybridized carbons (Fsp3) is 0.667. The van der Waals surface area contributed by atoms with Gasteiger partial charge in [-0.2, -0.15) is 0 Å². The lowest BCUT2D eigenvalue weighted by molar-refractivity contribution is -0.143. The van der Waals surface area contributed by atoms with Crippen molar-refractivity contribution >= 4 is 17.9 Å². The lowest BCUT2D eigenvalue weighted by atomic mass is 9.96. The second-order valence-corrected chi connectivity index (χ2v) is 10.8. The monoisotopic (exact) mass is 475 g/mol. The highest BCUT2D eigenvalue weighted by Crippen LogP contribution is 2.26. The number of ether oxygens (including phenoxy) is 1. The number of nitrogens with one attached hydrogen (secondary N) is 2. The Morgan fingerprint density at radius 2 is 1.53 bits per heavy atom. The van der Waals surface area contributed by atoms with Gasteiger partial charge in [-0.25, -0.2) is 4.79 Å². The number of amides is 3. The third-order valence-corrected chi connectivity index (χ3v) is 4.99. The Hall–Kier alpha value is -2.57. The molecule has 1 aromatic carbocycles. The van der Waals surface area contributed by atoms with Crippen molar-refractivity contribution in [2.75, 3.05) is 6.54 Å². The maximum Gasteiger partial charge on any atom is 0.408 e. The molecule has 2 atom stereocenters. The number of nitrogens with zero attached hydrogens (tertiary/aromatic N) is 1. The molecule has 192 valence electrons. The van der Waals surface area contributed by atoms with Gasteiger partial charge in [0.15, 0.2) is 0 Å². The van der Waals surface area contributed by atoms with Gasteiger partial charge < -0.3 is 20.3 Å². The number of rotatable bonds is 10. The van der Waals surface area contributed by atoms with Crippen molar-refractivity contribution in [1.29, 1.82) is 0 Å². The second-order valence-electron chi connectivity index (χ2n) is 10.8. The van der Waals surface area contributed by atoms with Crippen molar-refractivity contribution in [3.8, 4) is 0 Å². The summed E-state index contributed by atoms with van der Waals surface area (Å²) in [5, 5.41) is 5.75. The first-order chi connectivity index (χ1) is 15.6. The summed E-state index contributed by atoms with van der Waals surface area (Å²) >= 11 is 0. The molecule has 0 aliphatic carbocycles. The Labute approximate surface area is 206 Å². The van der Waals surface area contributed by atoms with Crippen LogP contribution in [0.2, 0.25) is 0 Å². The number of benzene rings is 1. The zero-order chi connectivity index (χ0) is 26.2. The topological polar surface area (TPSA) is 87.7 Å². The first kappa shape index (κ1) is 29.5. The van der Waals surface area contributed by atoms with Crippen LogP contribution in [-0.2, 0) is 14.3 Å². The quantitative estimate of drug-likeness (QED) is 0.496. The lowest BCUT2D eigenvalue weighted by Gasteiger charge is -2.35. The number of hydrogen-bond acceptors (Lipinski definition) is 4. The molecular formula is C27H45N3O4. The van der Waals surface area contributed by atoms with Crippen molar-refractivity contribution < 1.29 is 19.1 Å². The summed E-state index contributed by atoms with van der Waals surface area (Å²) in [6.45, 7) is 19.4. The van der Waals surface area contributed by atoms with E-state index in [-0.39, 0.29) is 23.8 Å². The van der Waals surface area contributed by atoms with E-state index >= 15 is 0 Å². The lowest BCUT2D eigenvalue weighted by Crippen LogP contribution is -2.54. The fourth-order valence-electron chi connectivity index (χ4n) is 3.95. The molecule has 0 radical (unpaired) electrons. The standard InChI is InChI=1S/C27H45N3O4/c1-11-12-30(25(32)22(13-17(2)3)29-26(33)34-27(8,9)10)23(24(31)28-18(4)5)21-15-19(6)14-20(7)16-21/h14-18,22-23H,11-13H2,1-10H3,(H,28,31)(H,29,33). The van der Waals surface area contributed by atoms with Crippen molar-refractivity contribution in [3.05, 3.63) is 34.9 Å². The molecule has 0 spiro atoms. The van der Waals surface area contributed by atoms with Gasteiger partial charge in [-0.1, -0.05) is 50.1 Å². The van der Waals surface area contributed by atoms with Crippen molar-refractivity contribution in [2.45, 2.75) is 106 Å².